The largest absolute Gasteiger partial charge is 0.466 e. The van der Waals surface area contributed by atoms with E-state index in [1.54, 1.807) is 0 Å². The lowest BCUT2D eigenvalue weighted by Crippen LogP contribution is -2.18. The van der Waals surface area contributed by atoms with Crippen molar-refractivity contribution in [2.24, 2.45) is 0 Å². The molecular weight excluding hydrogens is 606 g/mol. The van der Waals surface area contributed by atoms with Crippen LogP contribution in [0.1, 0.15) is 247 Å². The fourth-order valence-electron chi connectivity index (χ4n) is 6.30. The summed E-state index contributed by atoms with van der Waals surface area (Å²) >= 11 is 0. The van der Waals surface area contributed by atoms with Gasteiger partial charge in [0.25, 0.3) is 0 Å². The summed E-state index contributed by atoms with van der Waals surface area (Å²) in [4.78, 5) is 23.8. The molecule has 0 radical (unpaired) electrons. The van der Waals surface area contributed by atoms with Crippen molar-refractivity contribution in [3.8, 4) is 0 Å². The second kappa shape index (κ2) is 44.9. The van der Waals surface area contributed by atoms with Crippen LogP contribution in [0.2, 0.25) is 0 Å². The summed E-state index contributed by atoms with van der Waals surface area (Å²) in [6.45, 7) is 13.6. The number of nitrogens with one attached hydrogen (secondary N) is 1. The van der Waals surface area contributed by atoms with Gasteiger partial charge in [-0.05, 0) is 71.4 Å². The van der Waals surface area contributed by atoms with Crippen molar-refractivity contribution < 1.29 is 19.1 Å². The number of ether oxygens (including phenoxy) is 2. The maximum Gasteiger partial charge on any atom is 0.306 e. The highest BCUT2D eigenvalue weighted by Gasteiger charge is 2.14. The summed E-state index contributed by atoms with van der Waals surface area (Å²) in [6.07, 6.45) is 40.3. The van der Waals surface area contributed by atoms with Crippen molar-refractivity contribution in [1.29, 1.82) is 0 Å². The first-order chi connectivity index (χ1) is 24.0. The van der Waals surface area contributed by atoms with E-state index in [1.807, 2.05) is 6.92 Å². The lowest BCUT2D eigenvalue weighted by molar-refractivity contribution is -0.150. The normalized spacial score (nSPS) is 11.1. The van der Waals surface area contributed by atoms with E-state index in [9.17, 15) is 9.59 Å². The number of unbranched alkanes of at least 4 members (excludes halogenated alkanes) is 24. The monoisotopic (exact) mass is 696 g/mol. The van der Waals surface area contributed by atoms with Gasteiger partial charge in [0.2, 0.25) is 0 Å². The van der Waals surface area contributed by atoms with Crippen molar-refractivity contribution in [3.63, 3.8) is 0 Å². The standard InChI is InChI=1S/C35H69NO4.C9H20/c1-4-7-9-11-15-21-27-33(28-22-16-12-10-8-5-2)40-35(38)30-24-18-14-20-26-32-36-31-25-19-13-17-23-29-34(37)39-6-3;1-3-5-7-9-8-6-4-2/h33,36H,4-32H2,1-3H3;3-9H2,1-2H3. The average Bonchev–Trinajstić information content (AvgIpc) is 3.09. The fraction of sp³-hybridized carbons (Fsp3) is 0.955. The van der Waals surface area contributed by atoms with Gasteiger partial charge < -0.3 is 14.8 Å². The van der Waals surface area contributed by atoms with Gasteiger partial charge in [0.05, 0.1) is 6.61 Å². The molecule has 5 nitrogen and oxygen atoms in total. The highest BCUT2D eigenvalue weighted by molar-refractivity contribution is 5.69. The molecular formula is C44H89NO4. The van der Waals surface area contributed by atoms with E-state index in [4.69, 9.17) is 9.47 Å². The maximum atomic E-state index is 12.5. The van der Waals surface area contributed by atoms with Gasteiger partial charge in [-0.25, -0.2) is 0 Å². The smallest absolute Gasteiger partial charge is 0.306 e. The van der Waals surface area contributed by atoms with Gasteiger partial charge in [-0.15, -0.1) is 0 Å². The van der Waals surface area contributed by atoms with Gasteiger partial charge >= 0.3 is 11.9 Å². The van der Waals surface area contributed by atoms with E-state index in [2.05, 4.69) is 33.0 Å². The quantitative estimate of drug-likeness (QED) is 0.0514. The van der Waals surface area contributed by atoms with Crippen LogP contribution in [0.15, 0.2) is 0 Å². The Bertz CT molecular complexity index is 618. The van der Waals surface area contributed by atoms with Crippen molar-refractivity contribution >= 4 is 11.9 Å². The Balaban J connectivity index is 0. The molecule has 0 atom stereocenters. The average molecular weight is 696 g/mol. The SMILES string of the molecule is CCCCCCCCC.CCCCCCCCC(CCCCCCCC)OC(=O)CCCCCCCNCCCCCCCC(=O)OCC. The predicted octanol–water partition coefficient (Wildman–Crippen LogP) is 14.0. The zero-order valence-electron chi connectivity index (χ0n) is 34.2. The summed E-state index contributed by atoms with van der Waals surface area (Å²) in [6, 6.07) is 0. The second-order valence-corrected chi connectivity index (χ2v) is 14.6. The second-order valence-electron chi connectivity index (χ2n) is 14.6. The molecule has 0 aromatic rings. The van der Waals surface area contributed by atoms with Gasteiger partial charge in [0, 0.05) is 12.8 Å². The van der Waals surface area contributed by atoms with Crippen molar-refractivity contribution in [1.82, 2.24) is 5.32 Å². The molecule has 0 aliphatic carbocycles. The summed E-state index contributed by atoms with van der Waals surface area (Å²) in [5.74, 6) is -0.0279. The zero-order chi connectivity index (χ0) is 36.3. The van der Waals surface area contributed by atoms with Gasteiger partial charge in [-0.2, -0.15) is 0 Å². The first-order valence-electron chi connectivity index (χ1n) is 22.1. The number of esters is 2. The summed E-state index contributed by atoms with van der Waals surface area (Å²) in [5, 5.41) is 3.56. The summed E-state index contributed by atoms with van der Waals surface area (Å²) in [5.41, 5.74) is 0. The zero-order valence-corrected chi connectivity index (χ0v) is 34.2. The van der Waals surface area contributed by atoms with E-state index in [0.29, 0.717) is 19.4 Å². The molecule has 1 N–H and O–H groups in total. The molecule has 0 bridgehead atoms. The molecule has 0 spiro atoms. The van der Waals surface area contributed by atoms with E-state index in [0.717, 1.165) is 51.6 Å². The Kier molecular flexibility index (Phi) is 45.8. The van der Waals surface area contributed by atoms with Gasteiger partial charge in [-0.3, -0.25) is 9.59 Å². The van der Waals surface area contributed by atoms with Crippen molar-refractivity contribution in [3.05, 3.63) is 0 Å². The molecule has 0 rings (SSSR count). The molecule has 0 saturated carbocycles. The number of hydrogen-bond acceptors (Lipinski definition) is 5. The predicted molar refractivity (Wildman–Crippen MR) is 214 cm³/mol. The molecule has 0 aromatic carbocycles. The number of carbonyl (C=O) groups excluding carboxylic acids is 2. The third-order valence-corrected chi connectivity index (χ3v) is 9.54. The molecule has 0 aromatic heterocycles. The van der Waals surface area contributed by atoms with E-state index in [1.165, 1.54) is 161 Å². The Morgan fingerprint density at radius 2 is 0.735 bits per heavy atom. The van der Waals surface area contributed by atoms with Gasteiger partial charge in [0.15, 0.2) is 0 Å². The van der Waals surface area contributed by atoms with Gasteiger partial charge in [-0.1, -0.05) is 175 Å². The van der Waals surface area contributed by atoms with Crippen LogP contribution in [-0.4, -0.2) is 37.7 Å². The highest BCUT2D eigenvalue weighted by Crippen LogP contribution is 2.18. The van der Waals surface area contributed by atoms with Crippen LogP contribution in [0.3, 0.4) is 0 Å². The number of hydrogen-bond donors (Lipinski definition) is 1. The van der Waals surface area contributed by atoms with Crippen LogP contribution >= 0.6 is 0 Å². The Morgan fingerprint density at radius 1 is 0.408 bits per heavy atom. The minimum absolute atomic E-state index is 0.0320. The Morgan fingerprint density at radius 3 is 1.12 bits per heavy atom. The van der Waals surface area contributed by atoms with E-state index in [-0.39, 0.29) is 18.0 Å². The lowest BCUT2D eigenvalue weighted by Gasteiger charge is -2.18. The molecule has 5 heteroatoms. The first kappa shape index (κ1) is 50.0. The molecule has 0 amide bonds. The number of rotatable bonds is 38. The molecule has 49 heavy (non-hydrogen) atoms. The van der Waals surface area contributed by atoms with Crippen molar-refractivity contribution in [2.75, 3.05) is 19.7 Å². The minimum atomic E-state index is -0.0599. The highest BCUT2D eigenvalue weighted by atomic mass is 16.5. The fourth-order valence-corrected chi connectivity index (χ4v) is 6.30. The van der Waals surface area contributed by atoms with Crippen molar-refractivity contribution in [2.45, 2.75) is 253 Å². The number of carbonyl (C=O) groups is 2. The van der Waals surface area contributed by atoms with Crippen LogP contribution in [-0.2, 0) is 19.1 Å². The summed E-state index contributed by atoms with van der Waals surface area (Å²) in [7, 11) is 0. The van der Waals surface area contributed by atoms with Gasteiger partial charge in [0.1, 0.15) is 6.10 Å². The molecule has 0 fully saturated rings. The Hall–Kier alpha value is -1.10. The third-order valence-electron chi connectivity index (χ3n) is 9.54. The third kappa shape index (κ3) is 44.9. The minimum Gasteiger partial charge on any atom is -0.466 e. The maximum absolute atomic E-state index is 12.5. The first-order valence-corrected chi connectivity index (χ1v) is 22.1. The lowest BCUT2D eigenvalue weighted by atomic mass is 10.0. The van der Waals surface area contributed by atoms with Crippen LogP contribution in [0.5, 0.6) is 0 Å². The molecule has 0 aliphatic heterocycles. The Labute approximate surface area is 308 Å². The van der Waals surface area contributed by atoms with Crippen LogP contribution < -0.4 is 5.32 Å². The molecule has 0 saturated heterocycles. The van der Waals surface area contributed by atoms with Crippen LogP contribution in [0.25, 0.3) is 0 Å². The van der Waals surface area contributed by atoms with Crippen LogP contribution in [0, 0.1) is 0 Å². The topological polar surface area (TPSA) is 64.6 Å². The van der Waals surface area contributed by atoms with E-state index < -0.39 is 0 Å². The summed E-state index contributed by atoms with van der Waals surface area (Å²) < 4.78 is 10.9. The molecule has 0 unspecified atom stereocenters. The van der Waals surface area contributed by atoms with Crippen LogP contribution in [0.4, 0.5) is 0 Å². The molecule has 294 valence electrons. The molecule has 0 aliphatic rings. The molecule has 0 heterocycles. The van der Waals surface area contributed by atoms with E-state index >= 15 is 0 Å².